The Kier molecular flexibility index (Phi) is 4.50. The second kappa shape index (κ2) is 5.79. The monoisotopic (exact) mass is 293 g/mol. The zero-order valence-corrected chi connectivity index (χ0v) is 11.6. The third-order valence-electron chi connectivity index (χ3n) is 3.97. The van der Waals surface area contributed by atoms with E-state index in [1.54, 1.807) is 0 Å². The summed E-state index contributed by atoms with van der Waals surface area (Å²) in [6.45, 7) is 2.15. The normalized spacial score (nSPS) is 26.4. The van der Waals surface area contributed by atoms with Crippen LogP contribution in [0.5, 0.6) is 0 Å². The Bertz CT molecular complexity index is 410. The molecule has 0 radical (unpaired) electrons. The first-order valence-electron chi connectivity index (χ1n) is 6.62. The molecule has 1 aromatic heterocycles. The number of halogens is 3. The van der Waals surface area contributed by atoms with Crippen molar-refractivity contribution < 1.29 is 18.3 Å². The van der Waals surface area contributed by atoms with Gasteiger partial charge in [0.2, 0.25) is 0 Å². The highest BCUT2D eigenvalue weighted by atomic mass is 32.1. The SMILES string of the molecule is CCC1CCC(C(O)c2cnc(C(F)(F)F)s2)CC1. The van der Waals surface area contributed by atoms with Gasteiger partial charge in [0.25, 0.3) is 0 Å². The molecule has 0 saturated heterocycles. The van der Waals surface area contributed by atoms with Gasteiger partial charge in [-0.25, -0.2) is 4.98 Å². The zero-order chi connectivity index (χ0) is 14.0. The second-order valence-corrected chi connectivity index (χ2v) is 6.26. The van der Waals surface area contributed by atoms with E-state index in [2.05, 4.69) is 11.9 Å². The smallest absolute Gasteiger partial charge is 0.387 e. The van der Waals surface area contributed by atoms with Crippen LogP contribution in [0.15, 0.2) is 6.20 Å². The number of aliphatic hydroxyl groups is 1. The molecule has 108 valence electrons. The van der Waals surface area contributed by atoms with Gasteiger partial charge in [0.15, 0.2) is 5.01 Å². The minimum atomic E-state index is -4.41. The molecule has 1 saturated carbocycles. The standard InChI is InChI=1S/C13H18F3NOS/c1-2-8-3-5-9(6-4-8)11(18)10-7-17-12(19-10)13(14,15)16/h7-9,11,18H,2-6H2,1H3. The molecule has 2 nitrogen and oxygen atoms in total. The van der Waals surface area contributed by atoms with Gasteiger partial charge in [-0.2, -0.15) is 13.2 Å². The Morgan fingerprint density at radius 1 is 1.37 bits per heavy atom. The topological polar surface area (TPSA) is 33.1 Å². The van der Waals surface area contributed by atoms with Crippen molar-refractivity contribution in [1.29, 1.82) is 0 Å². The summed E-state index contributed by atoms with van der Waals surface area (Å²) in [5, 5.41) is 9.31. The molecule has 0 aromatic carbocycles. The first-order chi connectivity index (χ1) is 8.91. The number of alkyl halides is 3. The average molecular weight is 293 g/mol. The van der Waals surface area contributed by atoms with Crippen molar-refractivity contribution in [3.63, 3.8) is 0 Å². The number of aliphatic hydroxyl groups excluding tert-OH is 1. The van der Waals surface area contributed by atoms with E-state index in [1.807, 2.05) is 0 Å². The van der Waals surface area contributed by atoms with E-state index < -0.39 is 17.3 Å². The molecule has 1 aliphatic carbocycles. The lowest BCUT2D eigenvalue weighted by atomic mass is 9.78. The summed E-state index contributed by atoms with van der Waals surface area (Å²) in [5.74, 6) is 0.778. The predicted molar refractivity (Wildman–Crippen MR) is 67.8 cm³/mol. The van der Waals surface area contributed by atoms with Gasteiger partial charge in [0, 0.05) is 6.20 Å². The van der Waals surface area contributed by atoms with Gasteiger partial charge in [-0.1, -0.05) is 26.2 Å². The molecule has 0 aliphatic heterocycles. The van der Waals surface area contributed by atoms with Crippen LogP contribution in [0.3, 0.4) is 0 Å². The number of hydrogen-bond donors (Lipinski definition) is 1. The van der Waals surface area contributed by atoms with Gasteiger partial charge in [-0.3, -0.25) is 0 Å². The van der Waals surface area contributed by atoms with E-state index >= 15 is 0 Å². The van der Waals surface area contributed by atoms with Gasteiger partial charge in [0.1, 0.15) is 0 Å². The van der Waals surface area contributed by atoms with E-state index in [-0.39, 0.29) is 5.92 Å². The number of hydrogen-bond acceptors (Lipinski definition) is 3. The summed E-state index contributed by atoms with van der Waals surface area (Å²) >= 11 is 0.562. The van der Waals surface area contributed by atoms with Gasteiger partial charge in [-0.15, -0.1) is 11.3 Å². The predicted octanol–water partition coefficient (Wildman–Crippen LogP) is 4.41. The highest BCUT2D eigenvalue weighted by Gasteiger charge is 2.36. The van der Waals surface area contributed by atoms with E-state index in [0.29, 0.717) is 22.1 Å². The van der Waals surface area contributed by atoms with Gasteiger partial charge < -0.3 is 5.11 Å². The first kappa shape index (κ1) is 14.8. The number of thiazole rings is 1. The van der Waals surface area contributed by atoms with Crippen molar-refractivity contribution in [3.8, 4) is 0 Å². The highest BCUT2D eigenvalue weighted by Crippen LogP contribution is 2.41. The third-order valence-corrected chi connectivity index (χ3v) is 5.09. The molecule has 19 heavy (non-hydrogen) atoms. The molecule has 1 fully saturated rings. The Morgan fingerprint density at radius 2 is 2.00 bits per heavy atom. The average Bonchev–Trinajstić information content (AvgIpc) is 2.87. The molecule has 6 heteroatoms. The van der Waals surface area contributed by atoms with Crippen molar-refractivity contribution in [2.24, 2.45) is 11.8 Å². The largest absolute Gasteiger partial charge is 0.443 e. The molecule has 1 N–H and O–H groups in total. The van der Waals surface area contributed by atoms with Crippen LogP contribution in [0.2, 0.25) is 0 Å². The fourth-order valence-corrected chi connectivity index (χ4v) is 3.56. The molecule has 1 unspecified atom stereocenters. The fraction of sp³-hybridized carbons (Fsp3) is 0.769. The minimum Gasteiger partial charge on any atom is -0.387 e. The van der Waals surface area contributed by atoms with Gasteiger partial charge in [0.05, 0.1) is 11.0 Å². The van der Waals surface area contributed by atoms with Crippen LogP contribution in [-0.2, 0) is 6.18 Å². The zero-order valence-electron chi connectivity index (χ0n) is 10.8. The Hall–Kier alpha value is -0.620. The van der Waals surface area contributed by atoms with Crippen molar-refractivity contribution in [2.75, 3.05) is 0 Å². The van der Waals surface area contributed by atoms with E-state index in [4.69, 9.17) is 0 Å². The maximum Gasteiger partial charge on any atom is 0.443 e. The van der Waals surface area contributed by atoms with Crippen LogP contribution in [0.4, 0.5) is 13.2 Å². The van der Waals surface area contributed by atoms with Crippen molar-refractivity contribution >= 4 is 11.3 Å². The lowest BCUT2D eigenvalue weighted by Crippen LogP contribution is -2.19. The minimum absolute atomic E-state index is 0.0735. The molecule has 0 amide bonds. The summed E-state index contributed by atoms with van der Waals surface area (Å²) in [5.41, 5.74) is 0. The maximum absolute atomic E-state index is 12.5. The Balaban J connectivity index is 2.00. The van der Waals surface area contributed by atoms with E-state index in [9.17, 15) is 18.3 Å². The van der Waals surface area contributed by atoms with Crippen LogP contribution in [-0.4, -0.2) is 10.1 Å². The number of aromatic nitrogens is 1. The molecule has 1 heterocycles. The van der Waals surface area contributed by atoms with Crippen LogP contribution >= 0.6 is 11.3 Å². The van der Waals surface area contributed by atoms with E-state index in [0.717, 1.165) is 32.1 Å². The summed E-state index contributed by atoms with van der Waals surface area (Å²) in [4.78, 5) is 3.71. The van der Waals surface area contributed by atoms with E-state index in [1.165, 1.54) is 6.20 Å². The fourth-order valence-electron chi connectivity index (χ4n) is 2.70. The lowest BCUT2D eigenvalue weighted by molar-refractivity contribution is -0.137. The van der Waals surface area contributed by atoms with Crippen LogP contribution in [0.25, 0.3) is 0 Å². The Morgan fingerprint density at radius 3 is 2.47 bits per heavy atom. The summed E-state index contributed by atoms with van der Waals surface area (Å²) < 4.78 is 37.4. The summed E-state index contributed by atoms with van der Waals surface area (Å²) in [6, 6.07) is 0. The van der Waals surface area contributed by atoms with Crippen molar-refractivity contribution in [2.45, 2.75) is 51.3 Å². The molecule has 2 rings (SSSR count). The molecular formula is C13H18F3NOS. The summed E-state index contributed by atoms with van der Waals surface area (Å²) in [6.07, 6.45) is 0.990. The Labute approximate surface area is 114 Å². The molecule has 1 atom stereocenters. The second-order valence-electron chi connectivity index (χ2n) is 5.20. The third kappa shape index (κ3) is 3.48. The molecular weight excluding hydrogens is 275 g/mol. The number of rotatable bonds is 3. The molecule has 1 aliphatic rings. The molecule has 0 spiro atoms. The van der Waals surface area contributed by atoms with Crippen molar-refractivity contribution in [1.82, 2.24) is 4.98 Å². The van der Waals surface area contributed by atoms with Crippen LogP contribution < -0.4 is 0 Å². The van der Waals surface area contributed by atoms with Crippen LogP contribution in [0, 0.1) is 11.8 Å². The molecule has 0 bridgehead atoms. The molecule has 1 aromatic rings. The lowest BCUT2D eigenvalue weighted by Gasteiger charge is -2.30. The van der Waals surface area contributed by atoms with Gasteiger partial charge in [-0.05, 0) is 24.7 Å². The first-order valence-corrected chi connectivity index (χ1v) is 7.44. The maximum atomic E-state index is 12.5. The van der Waals surface area contributed by atoms with Crippen LogP contribution in [0.1, 0.15) is 55.0 Å². The quantitative estimate of drug-likeness (QED) is 0.895. The highest BCUT2D eigenvalue weighted by molar-refractivity contribution is 7.11. The van der Waals surface area contributed by atoms with Gasteiger partial charge >= 0.3 is 6.18 Å². The van der Waals surface area contributed by atoms with Crippen molar-refractivity contribution in [3.05, 3.63) is 16.1 Å². The number of nitrogens with zero attached hydrogens (tertiary/aromatic N) is 1. The summed E-state index contributed by atoms with van der Waals surface area (Å²) in [7, 11) is 0.